The van der Waals surface area contributed by atoms with E-state index in [9.17, 15) is 9.59 Å². The summed E-state index contributed by atoms with van der Waals surface area (Å²) < 4.78 is 10.6. The van der Waals surface area contributed by atoms with Crippen molar-refractivity contribution in [2.24, 2.45) is 0 Å². The van der Waals surface area contributed by atoms with E-state index in [1.165, 1.54) is 11.8 Å². The van der Waals surface area contributed by atoms with Crippen LogP contribution in [0, 0.1) is 13.8 Å². The highest BCUT2D eigenvalue weighted by molar-refractivity contribution is 7.98. The second-order valence-electron chi connectivity index (χ2n) is 7.63. The Hall–Kier alpha value is -3.91. The molecule has 1 amide bonds. The molecule has 0 atom stereocenters. The molecule has 0 aliphatic rings. The molecular weight excluding hydrogens is 450 g/mol. The van der Waals surface area contributed by atoms with Crippen molar-refractivity contribution in [3.05, 3.63) is 101 Å². The van der Waals surface area contributed by atoms with Gasteiger partial charge in [-0.1, -0.05) is 35.0 Å². The molecule has 0 radical (unpaired) electrons. The zero-order chi connectivity index (χ0) is 24.1. The molecular formula is C26H23N3O4S. The quantitative estimate of drug-likeness (QED) is 0.200. The maximum Gasteiger partial charge on any atom is 0.344 e. The Morgan fingerprint density at radius 3 is 2.35 bits per heavy atom. The van der Waals surface area contributed by atoms with E-state index in [1.54, 1.807) is 67.4 Å². The summed E-state index contributed by atoms with van der Waals surface area (Å²) in [5, 5.41) is 3.88. The number of aryl methyl sites for hydroxylation is 2. The van der Waals surface area contributed by atoms with Gasteiger partial charge in [-0.05, 0) is 55.5 Å². The standard InChI is InChI=1S/C26H23N3O4S/c1-17-8-10-19(11-9-17)25(30)29(3)20-12-14-21(15-13-20)32-26(31)22-6-4-5-7-23(22)34-16-24-27-18(2)33-28-24/h4-15H,16H2,1-3H3. The minimum absolute atomic E-state index is 0.118. The molecule has 3 aromatic carbocycles. The van der Waals surface area contributed by atoms with Crippen molar-refractivity contribution in [3.63, 3.8) is 0 Å². The number of amides is 1. The Bertz CT molecular complexity index is 1300. The van der Waals surface area contributed by atoms with Crippen LogP contribution in [0.15, 0.2) is 82.2 Å². The van der Waals surface area contributed by atoms with Crippen molar-refractivity contribution >= 4 is 29.3 Å². The smallest absolute Gasteiger partial charge is 0.344 e. The number of benzene rings is 3. The average molecular weight is 474 g/mol. The number of hydrogen-bond acceptors (Lipinski definition) is 7. The van der Waals surface area contributed by atoms with Gasteiger partial charge in [0.1, 0.15) is 5.75 Å². The number of esters is 1. The first-order valence-corrected chi connectivity index (χ1v) is 11.6. The van der Waals surface area contributed by atoms with Gasteiger partial charge >= 0.3 is 5.97 Å². The van der Waals surface area contributed by atoms with Gasteiger partial charge in [0.25, 0.3) is 5.91 Å². The van der Waals surface area contributed by atoms with Crippen LogP contribution in [0.2, 0.25) is 0 Å². The highest BCUT2D eigenvalue weighted by Gasteiger charge is 2.17. The maximum atomic E-state index is 12.8. The zero-order valence-corrected chi connectivity index (χ0v) is 19.8. The van der Waals surface area contributed by atoms with E-state index >= 15 is 0 Å². The van der Waals surface area contributed by atoms with Crippen LogP contribution in [0.3, 0.4) is 0 Å². The lowest BCUT2D eigenvalue weighted by atomic mass is 10.1. The summed E-state index contributed by atoms with van der Waals surface area (Å²) in [5.74, 6) is 1.33. The Morgan fingerprint density at radius 1 is 0.971 bits per heavy atom. The van der Waals surface area contributed by atoms with Gasteiger partial charge in [-0.3, -0.25) is 4.79 Å². The Labute approximate surface area is 201 Å². The molecule has 4 rings (SSSR count). The molecule has 1 heterocycles. The molecule has 0 unspecified atom stereocenters. The van der Waals surface area contributed by atoms with Crippen molar-refractivity contribution in [2.75, 3.05) is 11.9 Å². The van der Waals surface area contributed by atoms with Gasteiger partial charge in [0.2, 0.25) is 5.89 Å². The minimum atomic E-state index is -0.468. The predicted octanol–water partition coefficient (Wildman–Crippen LogP) is 5.47. The monoisotopic (exact) mass is 473 g/mol. The van der Waals surface area contributed by atoms with Gasteiger partial charge in [-0.2, -0.15) is 4.98 Å². The summed E-state index contributed by atoms with van der Waals surface area (Å²) in [6.07, 6.45) is 0. The predicted molar refractivity (Wildman–Crippen MR) is 130 cm³/mol. The molecule has 0 saturated heterocycles. The second kappa shape index (κ2) is 10.4. The molecule has 0 fully saturated rings. The number of hydrogen-bond donors (Lipinski definition) is 0. The summed E-state index contributed by atoms with van der Waals surface area (Å²) in [6, 6.07) is 21.5. The third-order valence-electron chi connectivity index (χ3n) is 5.07. The van der Waals surface area contributed by atoms with Gasteiger partial charge in [0, 0.05) is 30.1 Å². The van der Waals surface area contributed by atoms with E-state index in [0.29, 0.717) is 40.0 Å². The van der Waals surface area contributed by atoms with Crippen LogP contribution in [0.25, 0.3) is 0 Å². The Balaban J connectivity index is 1.42. The van der Waals surface area contributed by atoms with E-state index in [-0.39, 0.29) is 5.91 Å². The molecule has 4 aromatic rings. The van der Waals surface area contributed by atoms with E-state index in [2.05, 4.69) is 10.1 Å². The van der Waals surface area contributed by atoms with Gasteiger partial charge in [0.15, 0.2) is 5.82 Å². The molecule has 0 spiro atoms. The number of ether oxygens (including phenoxy) is 1. The molecule has 34 heavy (non-hydrogen) atoms. The van der Waals surface area contributed by atoms with Gasteiger partial charge in [-0.25, -0.2) is 4.79 Å². The van der Waals surface area contributed by atoms with Crippen molar-refractivity contribution in [3.8, 4) is 5.75 Å². The molecule has 1 aromatic heterocycles. The van der Waals surface area contributed by atoms with Crippen molar-refractivity contribution in [2.45, 2.75) is 24.5 Å². The summed E-state index contributed by atoms with van der Waals surface area (Å²) in [5.41, 5.74) is 2.84. The first-order chi connectivity index (χ1) is 16.4. The van der Waals surface area contributed by atoms with Crippen molar-refractivity contribution in [1.82, 2.24) is 10.1 Å². The average Bonchev–Trinajstić information content (AvgIpc) is 3.28. The normalized spacial score (nSPS) is 10.7. The molecule has 7 nitrogen and oxygen atoms in total. The van der Waals surface area contributed by atoms with Gasteiger partial charge in [-0.15, -0.1) is 11.8 Å². The number of aromatic nitrogens is 2. The van der Waals surface area contributed by atoms with Crippen LogP contribution in [-0.2, 0) is 5.75 Å². The maximum absolute atomic E-state index is 12.8. The minimum Gasteiger partial charge on any atom is -0.423 e. The number of carbonyl (C=O) groups is 2. The topological polar surface area (TPSA) is 85.5 Å². The Kier molecular flexibility index (Phi) is 7.08. The molecule has 8 heteroatoms. The van der Waals surface area contributed by atoms with Crippen molar-refractivity contribution < 1.29 is 18.8 Å². The number of rotatable bonds is 7. The highest BCUT2D eigenvalue weighted by atomic mass is 32.2. The second-order valence-corrected chi connectivity index (χ2v) is 8.65. The van der Waals surface area contributed by atoms with Crippen LogP contribution < -0.4 is 9.64 Å². The number of nitrogens with zero attached hydrogens (tertiary/aromatic N) is 3. The highest BCUT2D eigenvalue weighted by Crippen LogP contribution is 2.27. The largest absolute Gasteiger partial charge is 0.423 e. The van der Waals surface area contributed by atoms with Gasteiger partial charge < -0.3 is 14.2 Å². The number of anilines is 1. The molecule has 0 aliphatic carbocycles. The number of carbonyl (C=O) groups excluding carboxylic acids is 2. The lowest BCUT2D eigenvalue weighted by molar-refractivity contribution is 0.0730. The first kappa shape index (κ1) is 23.3. The summed E-state index contributed by atoms with van der Waals surface area (Å²) in [4.78, 5) is 32.1. The van der Waals surface area contributed by atoms with E-state index < -0.39 is 5.97 Å². The van der Waals surface area contributed by atoms with Crippen molar-refractivity contribution in [1.29, 1.82) is 0 Å². The van der Waals surface area contributed by atoms with Crippen LogP contribution in [-0.4, -0.2) is 29.1 Å². The fourth-order valence-corrected chi connectivity index (χ4v) is 4.09. The van der Waals surface area contributed by atoms with E-state index in [0.717, 1.165) is 10.5 Å². The zero-order valence-electron chi connectivity index (χ0n) is 19.0. The molecule has 0 bridgehead atoms. The fourth-order valence-electron chi connectivity index (χ4n) is 3.21. The molecule has 172 valence electrons. The lowest BCUT2D eigenvalue weighted by Gasteiger charge is -2.18. The third-order valence-corrected chi connectivity index (χ3v) is 6.14. The first-order valence-electron chi connectivity index (χ1n) is 10.6. The summed E-state index contributed by atoms with van der Waals surface area (Å²) in [6.45, 7) is 3.71. The SMILES string of the molecule is Cc1ccc(C(=O)N(C)c2ccc(OC(=O)c3ccccc3SCc3noc(C)n3)cc2)cc1. The fraction of sp³-hybridized carbons (Fsp3) is 0.154. The van der Waals surface area contributed by atoms with E-state index in [1.807, 2.05) is 31.2 Å². The Morgan fingerprint density at radius 2 is 1.68 bits per heavy atom. The van der Waals surface area contributed by atoms with Crippen LogP contribution in [0.1, 0.15) is 38.0 Å². The van der Waals surface area contributed by atoms with E-state index in [4.69, 9.17) is 9.26 Å². The summed E-state index contributed by atoms with van der Waals surface area (Å²) in [7, 11) is 1.71. The summed E-state index contributed by atoms with van der Waals surface area (Å²) >= 11 is 1.43. The van der Waals surface area contributed by atoms with Crippen LogP contribution >= 0.6 is 11.8 Å². The lowest BCUT2D eigenvalue weighted by Crippen LogP contribution is -2.26. The van der Waals surface area contributed by atoms with Crippen LogP contribution in [0.5, 0.6) is 5.75 Å². The molecule has 0 N–H and O–H groups in total. The molecule has 0 aliphatic heterocycles. The molecule has 0 saturated carbocycles. The number of thioether (sulfide) groups is 1. The third kappa shape index (κ3) is 5.52. The van der Waals surface area contributed by atoms with Crippen LogP contribution in [0.4, 0.5) is 5.69 Å². The van der Waals surface area contributed by atoms with Gasteiger partial charge in [0.05, 0.1) is 11.3 Å².